The van der Waals surface area contributed by atoms with Crippen molar-refractivity contribution < 1.29 is 9.53 Å². The van der Waals surface area contributed by atoms with Crippen LogP contribution in [0.4, 0.5) is 0 Å². The van der Waals surface area contributed by atoms with Gasteiger partial charge in [-0.15, -0.1) is 0 Å². The molecule has 2 heterocycles. The van der Waals surface area contributed by atoms with Gasteiger partial charge >= 0.3 is 0 Å². The van der Waals surface area contributed by atoms with Crippen molar-refractivity contribution in [1.82, 2.24) is 9.88 Å². The molecule has 126 valence electrons. The molecule has 0 radical (unpaired) electrons. The van der Waals surface area contributed by atoms with Gasteiger partial charge in [0, 0.05) is 30.1 Å². The van der Waals surface area contributed by atoms with Crippen molar-refractivity contribution in [2.24, 2.45) is 0 Å². The molecule has 0 bridgehead atoms. The Labute approximate surface area is 147 Å². The SMILES string of the molecule is Cc1ccccc1C(=O)N1CCC(Oc2cccc3cccnc23)C1. The van der Waals surface area contributed by atoms with Crippen molar-refractivity contribution in [3.05, 3.63) is 71.9 Å². The van der Waals surface area contributed by atoms with Crippen LogP contribution in [0.15, 0.2) is 60.8 Å². The predicted octanol–water partition coefficient (Wildman–Crippen LogP) is 3.84. The third-order valence-electron chi connectivity index (χ3n) is 4.70. The topological polar surface area (TPSA) is 42.4 Å². The Morgan fingerprint density at radius 1 is 1.12 bits per heavy atom. The molecule has 0 spiro atoms. The lowest BCUT2D eigenvalue weighted by molar-refractivity contribution is 0.0772. The summed E-state index contributed by atoms with van der Waals surface area (Å²) in [6.07, 6.45) is 2.61. The number of hydrogen-bond acceptors (Lipinski definition) is 3. The van der Waals surface area contributed by atoms with Crippen molar-refractivity contribution >= 4 is 16.8 Å². The molecule has 1 aromatic heterocycles. The number of ether oxygens (including phenoxy) is 1. The van der Waals surface area contributed by atoms with E-state index in [1.807, 2.05) is 66.4 Å². The minimum atomic E-state index is 0.000532. The number of amides is 1. The van der Waals surface area contributed by atoms with Crippen molar-refractivity contribution in [2.45, 2.75) is 19.4 Å². The second-order valence-corrected chi connectivity index (χ2v) is 6.43. The number of benzene rings is 2. The van der Waals surface area contributed by atoms with E-state index in [9.17, 15) is 4.79 Å². The van der Waals surface area contributed by atoms with Gasteiger partial charge in [0.15, 0.2) is 0 Å². The molecule has 1 aliphatic rings. The van der Waals surface area contributed by atoms with Crippen LogP contribution in [0.25, 0.3) is 10.9 Å². The molecular formula is C21H20N2O2. The summed E-state index contributed by atoms with van der Waals surface area (Å²) >= 11 is 0. The molecule has 1 aliphatic heterocycles. The van der Waals surface area contributed by atoms with Gasteiger partial charge < -0.3 is 9.64 Å². The van der Waals surface area contributed by atoms with Gasteiger partial charge in [-0.05, 0) is 30.7 Å². The summed E-state index contributed by atoms with van der Waals surface area (Å²) in [5, 5.41) is 1.06. The van der Waals surface area contributed by atoms with E-state index in [2.05, 4.69) is 4.98 Å². The van der Waals surface area contributed by atoms with E-state index in [-0.39, 0.29) is 12.0 Å². The van der Waals surface area contributed by atoms with Crippen LogP contribution in [0.1, 0.15) is 22.3 Å². The Morgan fingerprint density at radius 3 is 2.84 bits per heavy atom. The summed E-state index contributed by atoms with van der Waals surface area (Å²) in [5.41, 5.74) is 2.65. The predicted molar refractivity (Wildman–Crippen MR) is 97.9 cm³/mol. The van der Waals surface area contributed by atoms with Crippen LogP contribution in [-0.4, -0.2) is 35.0 Å². The first-order valence-electron chi connectivity index (χ1n) is 8.58. The number of nitrogens with zero attached hydrogens (tertiary/aromatic N) is 2. The number of carbonyl (C=O) groups is 1. The van der Waals surface area contributed by atoms with E-state index in [1.54, 1.807) is 6.20 Å². The third-order valence-corrected chi connectivity index (χ3v) is 4.70. The van der Waals surface area contributed by atoms with Crippen LogP contribution in [0.3, 0.4) is 0 Å². The molecule has 0 saturated carbocycles. The Hall–Kier alpha value is -2.88. The Balaban J connectivity index is 1.49. The monoisotopic (exact) mass is 332 g/mol. The standard InChI is InChI=1S/C21H20N2O2/c1-15-6-2-3-9-18(15)21(24)23-13-11-17(14-23)25-19-10-4-7-16-8-5-12-22-20(16)19/h2-10,12,17H,11,13-14H2,1H3. The molecule has 25 heavy (non-hydrogen) atoms. The highest BCUT2D eigenvalue weighted by molar-refractivity contribution is 5.95. The number of aromatic nitrogens is 1. The van der Waals surface area contributed by atoms with E-state index in [0.717, 1.165) is 40.7 Å². The zero-order valence-electron chi connectivity index (χ0n) is 14.2. The van der Waals surface area contributed by atoms with Crippen molar-refractivity contribution in [3.8, 4) is 5.75 Å². The average molecular weight is 332 g/mol. The van der Waals surface area contributed by atoms with Gasteiger partial charge in [0.1, 0.15) is 17.4 Å². The summed E-state index contributed by atoms with van der Waals surface area (Å²) in [7, 11) is 0. The highest BCUT2D eigenvalue weighted by Crippen LogP contribution is 2.26. The first-order valence-corrected chi connectivity index (χ1v) is 8.58. The van der Waals surface area contributed by atoms with Gasteiger partial charge in [-0.2, -0.15) is 0 Å². The van der Waals surface area contributed by atoms with Gasteiger partial charge in [0.05, 0.1) is 6.54 Å². The molecule has 1 saturated heterocycles. The van der Waals surface area contributed by atoms with Crippen LogP contribution in [0, 0.1) is 6.92 Å². The van der Waals surface area contributed by atoms with Crippen LogP contribution < -0.4 is 4.74 Å². The molecule has 0 N–H and O–H groups in total. The fraction of sp³-hybridized carbons (Fsp3) is 0.238. The summed E-state index contributed by atoms with van der Waals surface area (Å²) in [5.74, 6) is 0.869. The van der Waals surface area contributed by atoms with Gasteiger partial charge in [-0.1, -0.05) is 36.4 Å². The highest BCUT2D eigenvalue weighted by Gasteiger charge is 2.29. The van der Waals surface area contributed by atoms with Crippen LogP contribution in [0.2, 0.25) is 0 Å². The van der Waals surface area contributed by atoms with E-state index >= 15 is 0 Å². The van der Waals surface area contributed by atoms with Crippen LogP contribution in [-0.2, 0) is 0 Å². The molecule has 3 aromatic rings. The van der Waals surface area contributed by atoms with E-state index in [4.69, 9.17) is 4.74 Å². The van der Waals surface area contributed by atoms with Crippen molar-refractivity contribution in [1.29, 1.82) is 0 Å². The fourth-order valence-corrected chi connectivity index (χ4v) is 3.34. The second-order valence-electron chi connectivity index (χ2n) is 6.43. The van der Waals surface area contributed by atoms with E-state index in [1.165, 1.54) is 0 Å². The minimum absolute atomic E-state index is 0.000532. The third kappa shape index (κ3) is 3.07. The number of rotatable bonds is 3. The molecule has 1 amide bonds. The van der Waals surface area contributed by atoms with E-state index < -0.39 is 0 Å². The summed E-state index contributed by atoms with van der Waals surface area (Å²) in [4.78, 5) is 19.0. The molecule has 1 atom stereocenters. The van der Waals surface area contributed by atoms with Crippen molar-refractivity contribution in [3.63, 3.8) is 0 Å². The Bertz CT molecular complexity index is 917. The van der Waals surface area contributed by atoms with Gasteiger partial charge in [0.25, 0.3) is 5.91 Å². The molecule has 4 heteroatoms. The van der Waals surface area contributed by atoms with Gasteiger partial charge in [-0.3, -0.25) is 9.78 Å². The van der Waals surface area contributed by atoms with Crippen LogP contribution >= 0.6 is 0 Å². The molecule has 4 nitrogen and oxygen atoms in total. The smallest absolute Gasteiger partial charge is 0.254 e. The minimum Gasteiger partial charge on any atom is -0.486 e. The number of pyridine rings is 1. The lowest BCUT2D eigenvalue weighted by Crippen LogP contribution is -2.31. The molecule has 0 aliphatic carbocycles. The van der Waals surface area contributed by atoms with Crippen molar-refractivity contribution in [2.75, 3.05) is 13.1 Å². The molecular weight excluding hydrogens is 312 g/mol. The number of aryl methyl sites for hydroxylation is 1. The maximum Gasteiger partial charge on any atom is 0.254 e. The maximum absolute atomic E-state index is 12.7. The molecule has 1 unspecified atom stereocenters. The summed E-state index contributed by atoms with van der Waals surface area (Å²) in [6, 6.07) is 17.6. The first-order chi connectivity index (χ1) is 12.2. The summed E-state index contributed by atoms with van der Waals surface area (Å²) < 4.78 is 6.18. The molecule has 1 fully saturated rings. The largest absolute Gasteiger partial charge is 0.486 e. The average Bonchev–Trinajstić information content (AvgIpc) is 3.10. The lowest BCUT2D eigenvalue weighted by atomic mass is 10.1. The number of likely N-dealkylation sites (tertiary alicyclic amines) is 1. The van der Waals surface area contributed by atoms with E-state index in [0.29, 0.717) is 6.54 Å². The fourth-order valence-electron chi connectivity index (χ4n) is 3.34. The number of fused-ring (bicyclic) bond motifs is 1. The first kappa shape index (κ1) is 15.6. The zero-order valence-corrected chi connectivity index (χ0v) is 14.2. The van der Waals surface area contributed by atoms with Gasteiger partial charge in [0.2, 0.25) is 0 Å². The second kappa shape index (κ2) is 6.55. The number of hydrogen-bond donors (Lipinski definition) is 0. The zero-order chi connectivity index (χ0) is 17.2. The maximum atomic E-state index is 12.7. The Morgan fingerprint density at radius 2 is 1.96 bits per heavy atom. The van der Waals surface area contributed by atoms with Crippen LogP contribution in [0.5, 0.6) is 5.75 Å². The molecule has 2 aromatic carbocycles. The highest BCUT2D eigenvalue weighted by atomic mass is 16.5. The number of carbonyl (C=O) groups excluding carboxylic acids is 1. The number of para-hydroxylation sites is 1. The lowest BCUT2D eigenvalue weighted by Gasteiger charge is -2.18. The normalized spacial score (nSPS) is 17.0. The summed E-state index contributed by atoms with van der Waals surface area (Å²) in [6.45, 7) is 3.30. The molecule has 4 rings (SSSR count). The quantitative estimate of drug-likeness (QED) is 0.732. The van der Waals surface area contributed by atoms with Gasteiger partial charge in [-0.25, -0.2) is 0 Å². The Kier molecular flexibility index (Phi) is 4.10.